The molecule has 3 aromatic rings. The van der Waals surface area contributed by atoms with Crippen LogP contribution in [0.2, 0.25) is 0 Å². The molecule has 1 amide bonds. The first-order chi connectivity index (χ1) is 11.6. The Hall–Kier alpha value is -2.83. The number of amides is 1. The van der Waals surface area contributed by atoms with Gasteiger partial charge in [0.1, 0.15) is 5.82 Å². The van der Waals surface area contributed by atoms with Crippen molar-refractivity contribution < 1.29 is 13.6 Å². The van der Waals surface area contributed by atoms with Crippen molar-refractivity contribution in [1.82, 2.24) is 14.8 Å². The maximum atomic E-state index is 13.7. The molecule has 1 saturated carbocycles. The summed E-state index contributed by atoms with van der Waals surface area (Å²) in [5.41, 5.74) is 0.449. The molecule has 0 unspecified atom stereocenters. The zero-order chi connectivity index (χ0) is 16.7. The number of aromatic nitrogens is 3. The summed E-state index contributed by atoms with van der Waals surface area (Å²) in [6.45, 7) is 0.791. The minimum absolute atomic E-state index is 0.349. The number of anilines is 1. The molecule has 0 saturated heterocycles. The summed E-state index contributed by atoms with van der Waals surface area (Å²) in [6.07, 6.45) is 3.17. The molecule has 24 heavy (non-hydrogen) atoms. The minimum Gasteiger partial charge on any atom is -0.303 e. The van der Waals surface area contributed by atoms with Gasteiger partial charge in [0.2, 0.25) is 0 Å². The number of carbonyl (C=O) groups excluding carboxylic acids is 1. The monoisotopic (exact) mass is 328 g/mol. The molecule has 0 radical (unpaired) electrons. The van der Waals surface area contributed by atoms with Crippen LogP contribution in [0.15, 0.2) is 36.5 Å². The van der Waals surface area contributed by atoms with Crippen molar-refractivity contribution in [3.8, 4) is 0 Å². The van der Waals surface area contributed by atoms with Gasteiger partial charge < -0.3 is 5.32 Å². The second kappa shape index (κ2) is 5.67. The first kappa shape index (κ1) is 14.7. The zero-order valence-corrected chi connectivity index (χ0v) is 12.7. The molecule has 1 fully saturated rings. The fourth-order valence-electron chi connectivity index (χ4n) is 2.65. The lowest BCUT2D eigenvalue weighted by Gasteiger charge is -2.03. The largest absolute Gasteiger partial charge is 0.303 e. The van der Waals surface area contributed by atoms with E-state index in [1.807, 2.05) is 28.9 Å². The van der Waals surface area contributed by atoms with Gasteiger partial charge in [-0.25, -0.2) is 13.8 Å². The van der Waals surface area contributed by atoms with Gasteiger partial charge in [-0.2, -0.15) is 5.10 Å². The van der Waals surface area contributed by atoms with E-state index in [0.29, 0.717) is 17.8 Å². The Bertz CT molecular complexity index is 933. The number of nitrogens with zero attached hydrogens (tertiary/aromatic N) is 3. The van der Waals surface area contributed by atoms with Gasteiger partial charge in [-0.05, 0) is 30.9 Å². The topological polar surface area (TPSA) is 59.8 Å². The number of carbonyl (C=O) groups is 1. The SMILES string of the molecule is O=C(Nc1nn(CC2CC2)c2ccccc12)c1ncc(F)cc1F. The lowest BCUT2D eigenvalue weighted by atomic mass is 10.2. The standard InChI is InChI=1S/C17H14F2N4O/c18-11-7-13(19)15(20-8-11)17(24)21-16-12-3-1-2-4-14(12)23(22-16)9-10-5-6-10/h1-4,7-8,10H,5-6,9H2,(H,21,22,24). The van der Waals surface area contributed by atoms with E-state index < -0.39 is 23.2 Å². The molecular formula is C17H14F2N4O. The summed E-state index contributed by atoms with van der Waals surface area (Å²) in [6, 6.07) is 8.15. The minimum atomic E-state index is -1.01. The normalized spacial score (nSPS) is 14.1. The van der Waals surface area contributed by atoms with Gasteiger partial charge in [-0.15, -0.1) is 0 Å². The Morgan fingerprint density at radius 1 is 1.29 bits per heavy atom. The van der Waals surface area contributed by atoms with E-state index in [4.69, 9.17) is 0 Å². The smallest absolute Gasteiger partial charge is 0.278 e. The Kier molecular flexibility index (Phi) is 3.48. The molecular weight excluding hydrogens is 314 g/mol. The predicted molar refractivity (Wildman–Crippen MR) is 84.6 cm³/mol. The molecule has 1 N–H and O–H groups in total. The number of pyridine rings is 1. The van der Waals surface area contributed by atoms with E-state index >= 15 is 0 Å². The van der Waals surface area contributed by atoms with Crippen molar-refractivity contribution in [3.05, 3.63) is 53.9 Å². The van der Waals surface area contributed by atoms with Crippen molar-refractivity contribution in [2.75, 3.05) is 5.32 Å². The van der Waals surface area contributed by atoms with Crippen LogP contribution in [0.3, 0.4) is 0 Å². The molecule has 1 aliphatic carbocycles. The van der Waals surface area contributed by atoms with Crippen LogP contribution in [0.4, 0.5) is 14.6 Å². The van der Waals surface area contributed by atoms with Crippen LogP contribution in [-0.2, 0) is 6.54 Å². The zero-order valence-electron chi connectivity index (χ0n) is 12.7. The molecule has 0 aliphatic heterocycles. The molecule has 2 aromatic heterocycles. The third-order valence-corrected chi connectivity index (χ3v) is 4.04. The van der Waals surface area contributed by atoms with E-state index in [0.717, 1.165) is 23.6 Å². The number of hydrogen-bond acceptors (Lipinski definition) is 3. The molecule has 4 rings (SSSR count). The summed E-state index contributed by atoms with van der Waals surface area (Å²) in [5.74, 6) is -1.62. The van der Waals surface area contributed by atoms with Crippen LogP contribution in [0.5, 0.6) is 0 Å². The van der Waals surface area contributed by atoms with Gasteiger partial charge in [-0.1, -0.05) is 12.1 Å². The van der Waals surface area contributed by atoms with Crippen LogP contribution in [0.1, 0.15) is 23.3 Å². The van der Waals surface area contributed by atoms with Gasteiger partial charge >= 0.3 is 0 Å². The second-order valence-electron chi connectivity index (χ2n) is 5.93. The maximum absolute atomic E-state index is 13.7. The second-order valence-corrected chi connectivity index (χ2v) is 5.93. The van der Waals surface area contributed by atoms with Crippen molar-refractivity contribution in [1.29, 1.82) is 0 Å². The maximum Gasteiger partial charge on any atom is 0.278 e. The van der Waals surface area contributed by atoms with Crippen LogP contribution in [-0.4, -0.2) is 20.7 Å². The number of nitrogens with one attached hydrogen (secondary N) is 1. The highest BCUT2D eigenvalue weighted by Gasteiger charge is 2.24. The van der Waals surface area contributed by atoms with Gasteiger partial charge in [0.15, 0.2) is 17.3 Å². The molecule has 0 spiro atoms. The molecule has 0 bridgehead atoms. The van der Waals surface area contributed by atoms with E-state index in [1.165, 1.54) is 12.8 Å². The van der Waals surface area contributed by atoms with Gasteiger partial charge in [0.25, 0.3) is 5.91 Å². The third kappa shape index (κ3) is 2.73. The Morgan fingerprint density at radius 2 is 2.08 bits per heavy atom. The summed E-state index contributed by atoms with van der Waals surface area (Å²) in [4.78, 5) is 15.8. The average molecular weight is 328 g/mol. The molecule has 122 valence electrons. The summed E-state index contributed by atoms with van der Waals surface area (Å²) >= 11 is 0. The summed E-state index contributed by atoms with van der Waals surface area (Å²) < 4.78 is 28.5. The number of fused-ring (bicyclic) bond motifs is 1. The van der Waals surface area contributed by atoms with Gasteiger partial charge in [0, 0.05) is 18.0 Å². The Balaban J connectivity index is 1.67. The molecule has 1 aliphatic rings. The van der Waals surface area contributed by atoms with Crippen molar-refractivity contribution in [2.24, 2.45) is 5.92 Å². The highest BCUT2D eigenvalue weighted by atomic mass is 19.1. The molecule has 7 heteroatoms. The Labute approximate surface area is 136 Å². The number of hydrogen-bond donors (Lipinski definition) is 1. The summed E-state index contributed by atoms with van der Waals surface area (Å²) in [5, 5.41) is 7.79. The lowest BCUT2D eigenvalue weighted by Crippen LogP contribution is -2.16. The first-order valence-corrected chi connectivity index (χ1v) is 7.70. The lowest BCUT2D eigenvalue weighted by molar-refractivity contribution is 0.101. The van der Waals surface area contributed by atoms with Crippen molar-refractivity contribution in [3.63, 3.8) is 0 Å². The molecule has 5 nitrogen and oxygen atoms in total. The van der Waals surface area contributed by atoms with Crippen LogP contribution >= 0.6 is 0 Å². The molecule has 0 atom stereocenters. The number of para-hydroxylation sites is 1. The van der Waals surface area contributed by atoms with E-state index in [9.17, 15) is 13.6 Å². The average Bonchev–Trinajstić information content (AvgIpc) is 3.31. The summed E-state index contributed by atoms with van der Waals surface area (Å²) in [7, 11) is 0. The number of rotatable bonds is 4. The van der Waals surface area contributed by atoms with Crippen molar-refractivity contribution in [2.45, 2.75) is 19.4 Å². The van der Waals surface area contributed by atoms with E-state index in [-0.39, 0.29) is 0 Å². The number of benzene rings is 1. The van der Waals surface area contributed by atoms with E-state index in [2.05, 4.69) is 15.4 Å². The van der Waals surface area contributed by atoms with Crippen molar-refractivity contribution >= 4 is 22.6 Å². The molecule has 2 heterocycles. The van der Waals surface area contributed by atoms with Gasteiger partial charge in [0.05, 0.1) is 11.7 Å². The van der Waals surface area contributed by atoms with Crippen LogP contribution in [0, 0.1) is 17.6 Å². The van der Waals surface area contributed by atoms with Crippen LogP contribution in [0.25, 0.3) is 10.9 Å². The third-order valence-electron chi connectivity index (χ3n) is 4.04. The quantitative estimate of drug-likeness (QED) is 0.799. The molecule has 1 aromatic carbocycles. The highest BCUT2D eigenvalue weighted by molar-refractivity contribution is 6.07. The first-order valence-electron chi connectivity index (χ1n) is 7.70. The predicted octanol–water partition coefficient (Wildman–Crippen LogP) is 3.37. The fourth-order valence-corrected chi connectivity index (χ4v) is 2.65. The fraction of sp³-hybridized carbons (Fsp3) is 0.235. The number of halogens is 2. The Morgan fingerprint density at radius 3 is 2.83 bits per heavy atom. The van der Waals surface area contributed by atoms with Gasteiger partial charge in [-0.3, -0.25) is 9.48 Å². The van der Waals surface area contributed by atoms with E-state index in [1.54, 1.807) is 0 Å². The van der Waals surface area contributed by atoms with Crippen LogP contribution < -0.4 is 5.32 Å². The highest BCUT2D eigenvalue weighted by Crippen LogP contribution is 2.33.